The van der Waals surface area contributed by atoms with Gasteiger partial charge in [0.2, 0.25) is 0 Å². The molecule has 1 atom stereocenters. The van der Waals surface area contributed by atoms with Crippen LogP contribution >= 0.6 is 23.6 Å². The Balaban J connectivity index is 1.70. The molecular weight excluding hydrogens is 392 g/mol. The normalized spacial score (nSPS) is 14.0. The van der Waals surface area contributed by atoms with E-state index >= 15 is 0 Å². The molecule has 0 saturated heterocycles. The number of carbonyl (C=O) groups is 1. The van der Waals surface area contributed by atoms with Crippen molar-refractivity contribution in [3.63, 3.8) is 0 Å². The summed E-state index contributed by atoms with van der Waals surface area (Å²) in [6.07, 6.45) is 4.19. The number of thiophene rings is 1. The van der Waals surface area contributed by atoms with Crippen molar-refractivity contribution in [1.29, 1.82) is 0 Å². The van der Waals surface area contributed by atoms with E-state index in [1.807, 2.05) is 38.1 Å². The molecule has 1 heterocycles. The molecule has 2 aromatic rings. The number of hydrogen-bond donors (Lipinski definition) is 2. The van der Waals surface area contributed by atoms with Gasteiger partial charge in [-0.3, -0.25) is 0 Å². The number of nitrogens with one attached hydrogen (secondary N) is 2. The highest BCUT2D eigenvalue weighted by Crippen LogP contribution is 2.38. The van der Waals surface area contributed by atoms with Crippen molar-refractivity contribution in [3.8, 4) is 5.75 Å². The van der Waals surface area contributed by atoms with E-state index in [0.717, 1.165) is 47.6 Å². The highest BCUT2D eigenvalue weighted by molar-refractivity contribution is 7.80. The van der Waals surface area contributed by atoms with Crippen molar-refractivity contribution in [2.24, 2.45) is 0 Å². The Morgan fingerprint density at radius 2 is 1.96 bits per heavy atom. The first kappa shape index (κ1) is 20.6. The van der Waals surface area contributed by atoms with Crippen LogP contribution in [-0.2, 0) is 17.6 Å². The molecule has 1 aliphatic rings. The number of rotatable bonds is 6. The van der Waals surface area contributed by atoms with Gasteiger partial charge in [0.05, 0.1) is 25.3 Å². The average Bonchev–Trinajstić information content (AvgIpc) is 3.05. The van der Waals surface area contributed by atoms with Gasteiger partial charge in [-0.1, -0.05) is 12.1 Å². The van der Waals surface area contributed by atoms with Crippen molar-refractivity contribution in [2.45, 2.75) is 45.6 Å². The SMILES string of the molecule is CCOc1ccc(C(C)NC(=S)Nc2sc3c(c2C(=O)OC)CCCC3)cc1. The van der Waals surface area contributed by atoms with Crippen molar-refractivity contribution >= 4 is 39.6 Å². The van der Waals surface area contributed by atoms with Crippen LogP contribution < -0.4 is 15.4 Å². The largest absolute Gasteiger partial charge is 0.494 e. The summed E-state index contributed by atoms with van der Waals surface area (Å²) in [6, 6.07) is 7.97. The third kappa shape index (κ3) is 4.64. The lowest BCUT2D eigenvalue weighted by Crippen LogP contribution is -2.31. The third-order valence-electron chi connectivity index (χ3n) is 4.83. The van der Waals surface area contributed by atoms with E-state index in [-0.39, 0.29) is 12.0 Å². The summed E-state index contributed by atoms with van der Waals surface area (Å²) in [7, 11) is 1.42. The number of carbonyl (C=O) groups excluding carboxylic acids is 1. The molecule has 0 saturated carbocycles. The van der Waals surface area contributed by atoms with Gasteiger partial charge in [-0.15, -0.1) is 11.3 Å². The fourth-order valence-electron chi connectivity index (χ4n) is 3.41. The first-order valence-electron chi connectivity index (χ1n) is 9.56. The maximum absolute atomic E-state index is 12.3. The maximum atomic E-state index is 12.3. The lowest BCUT2D eigenvalue weighted by Gasteiger charge is -2.18. The number of ether oxygens (including phenoxy) is 2. The van der Waals surface area contributed by atoms with Gasteiger partial charge >= 0.3 is 5.97 Å². The first-order valence-corrected chi connectivity index (χ1v) is 10.8. The zero-order valence-electron chi connectivity index (χ0n) is 16.5. The molecule has 0 radical (unpaired) electrons. The van der Waals surface area contributed by atoms with Crippen molar-refractivity contribution < 1.29 is 14.3 Å². The van der Waals surface area contributed by atoms with Gasteiger partial charge < -0.3 is 20.1 Å². The minimum atomic E-state index is -0.302. The van der Waals surface area contributed by atoms with E-state index in [9.17, 15) is 4.79 Å². The molecule has 1 unspecified atom stereocenters. The number of fused-ring (bicyclic) bond motifs is 1. The van der Waals surface area contributed by atoms with Crippen LogP contribution in [0.15, 0.2) is 24.3 Å². The molecule has 1 aromatic carbocycles. The molecule has 28 heavy (non-hydrogen) atoms. The van der Waals surface area contributed by atoms with Crippen LogP contribution in [0.3, 0.4) is 0 Å². The topological polar surface area (TPSA) is 59.6 Å². The molecule has 0 fully saturated rings. The Labute approximate surface area is 175 Å². The van der Waals surface area contributed by atoms with Crippen LogP contribution in [0.5, 0.6) is 5.75 Å². The van der Waals surface area contributed by atoms with Crippen LogP contribution in [0.25, 0.3) is 0 Å². The number of benzene rings is 1. The summed E-state index contributed by atoms with van der Waals surface area (Å²) >= 11 is 7.12. The van der Waals surface area contributed by atoms with Gasteiger partial charge in [-0.2, -0.15) is 0 Å². The van der Waals surface area contributed by atoms with Crippen LogP contribution in [-0.4, -0.2) is 24.8 Å². The fourth-order valence-corrected chi connectivity index (χ4v) is 5.04. The highest BCUT2D eigenvalue weighted by Gasteiger charge is 2.26. The van der Waals surface area contributed by atoms with E-state index in [1.165, 1.54) is 12.0 Å². The maximum Gasteiger partial charge on any atom is 0.341 e. The zero-order valence-corrected chi connectivity index (χ0v) is 18.1. The average molecular weight is 419 g/mol. The fraction of sp³-hybridized carbons (Fsp3) is 0.429. The Hall–Kier alpha value is -2.12. The Bertz CT molecular complexity index is 846. The number of anilines is 1. The number of hydrogen-bond acceptors (Lipinski definition) is 5. The second-order valence-electron chi connectivity index (χ2n) is 6.73. The molecule has 0 amide bonds. The van der Waals surface area contributed by atoms with Gasteiger partial charge in [-0.05, 0) is 75.0 Å². The monoisotopic (exact) mass is 418 g/mol. The zero-order chi connectivity index (χ0) is 20.1. The van der Waals surface area contributed by atoms with Crippen molar-refractivity contribution in [1.82, 2.24) is 5.32 Å². The summed E-state index contributed by atoms with van der Waals surface area (Å²) in [5.41, 5.74) is 2.86. The van der Waals surface area contributed by atoms with Gasteiger partial charge in [0.25, 0.3) is 0 Å². The molecule has 0 aliphatic heterocycles. The van der Waals surface area contributed by atoms with Gasteiger partial charge in [0.15, 0.2) is 5.11 Å². The lowest BCUT2D eigenvalue weighted by molar-refractivity contribution is 0.0601. The molecule has 5 nitrogen and oxygen atoms in total. The molecule has 3 rings (SSSR count). The van der Waals surface area contributed by atoms with Crippen LogP contribution in [0.1, 0.15) is 59.1 Å². The second kappa shape index (κ2) is 9.39. The van der Waals surface area contributed by atoms with E-state index in [4.69, 9.17) is 21.7 Å². The Morgan fingerprint density at radius 3 is 2.64 bits per heavy atom. The summed E-state index contributed by atoms with van der Waals surface area (Å²) in [4.78, 5) is 13.6. The summed E-state index contributed by atoms with van der Waals surface area (Å²) < 4.78 is 10.5. The molecule has 0 spiro atoms. The second-order valence-corrected chi connectivity index (χ2v) is 8.24. The third-order valence-corrected chi connectivity index (χ3v) is 6.25. The predicted octanol–water partition coefficient (Wildman–Crippen LogP) is 4.86. The minimum Gasteiger partial charge on any atom is -0.494 e. The number of thiocarbonyl (C=S) groups is 1. The first-order chi connectivity index (χ1) is 13.5. The number of esters is 1. The smallest absolute Gasteiger partial charge is 0.341 e. The van der Waals surface area contributed by atoms with Crippen LogP contribution in [0.2, 0.25) is 0 Å². The van der Waals surface area contributed by atoms with Crippen molar-refractivity contribution in [2.75, 3.05) is 19.0 Å². The molecule has 2 N–H and O–H groups in total. The summed E-state index contributed by atoms with van der Waals surface area (Å²) in [5, 5.41) is 7.79. The molecule has 150 valence electrons. The van der Waals surface area contributed by atoms with E-state index in [0.29, 0.717) is 17.3 Å². The predicted molar refractivity (Wildman–Crippen MR) is 118 cm³/mol. The molecule has 1 aromatic heterocycles. The minimum absolute atomic E-state index is 0.0202. The van der Waals surface area contributed by atoms with E-state index < -0.39 is 0 Å². The van der Waals surface area contributed by atoms with Crippen LogP contribution in [0.4, 0.5) is 5.00 Å². The van der Waals surface area contributed by atoms with Gasteiger partial charge in [0.1, 0.15) is 10.8 Å². The summed E-state index contributed by atoms with van der Waals surface area (Å²) in [5.74, 6) is 0.551. The standard InChI is InChI=1S/C21H26N2O3S2/c1-4-26-15-11-9-14(10-12-15)13(2)22-21(27)23-19-18(20(24)25-3)16-7-5-6-8-17(16)28-19/h9-13H,4-8H2,1-3H3,(H2,22,23,27). The van der Waals surface area contributed by atoms with Crippen molar-refractivity contribution in [3.05, 3.63) is 45.8 Å². The van der Waals surface area contributed by atoms with Gasteiger partial charge in [-0.25, -0.2) is 4.79 Å². The molecule has 0 bridgehead atoms. The Kier molecular flexibility index (Phi) is 6.91. The van der Waals surface area contributed by atoms with E-state index in [2.05, 4.69) is 10.6 Å². The molecule has 7 heteroatoms. The van der Waals surface area contributed by atoms with Crippen LogP contribution in [0, 0.1) is 0 Å². The quantitative estimate of drug-likeness (QED) is 0.516. The summed E-state index contributed by atoms with van der Waals surface area (Å²) in [6.45, 7) is 4.66. The highest BCUT2D eigenvalue weighted by atomic mass is 32.1. The number of methoxy groups -OCH3 is 1. The number of aryl methyl sites for hydroxylation is 1. The molecular formula is C21H26N2O3S2. The van der Waals surface area contributed by atoms with Gasteiger partial charge in [0, 0.05) is 4.88 Å². The van der Waals surface area contributed by atoms with E-state index in [1.54, 1.807) is 11.3 Å². The Morgan fingerprint density at radius 1 is 1.25 bits per heavy atom. The molecule has 1 aliphatic carbocycles. The lowest BCUT2D eigenvalue weighted by atomic mass is 9.95.